The summed E-state index contributed by atoms with van der Waals surface area (Å²) in [5, 5.41) is 6.60. The molecular weight excluding hydrogens is 347 g/mol. The monoisotopic (exact) mass is 363 g/mol. The number of H-pyrrole nitrogens is 1. The highest BCUT2D eigenvalue weighted by atomic mass is 19.4. The van der Waals surface area contributed by atoms with Crippen molar-refractivity contribution in [1.29, 1.82) is 0 Å². The van der Waals surface area contributed by atoms with Gasteiger partial charge in [0.15, 0.2) is 0 Å². The molecule has 0 spiro atoms. The minimum absolute atomic E-state index is 0.229. The third-order valence-corrected chi connectivity index (χ3v) is 3.72. The molecule has 0 aliphatic rings. The zero-order valence-corrected chi connectivity index (χ0v) is 13.5. The number of nitrogens with two attached hydrogens (primary N) is 1. The van der Waals surface area contributed by atoms with Gasteiger partial charge in [-0.1, -0.05) is 0 Å². The molecule has 6 nitrogen and oxygen atoms in total. The van der Waals surface area contributed by atoms with E-state index in [2.05, 4.69) is 20.6 Å². The van der Waals surface area contributed by atoms with E-state index in [9.17, 15) is 18.0 Å². The van der Waals surface area contributed by atoms with Crippen LogP contribution < -0.4 is 16.4 Å². The summed E-state index contributed by atoms with van der Waals surface area (Å²) in [5.41, 5.74) is 7.51. The van der Waals surface area contributed by atoms with Crippen molar-refractivity contribution in [3.63, 3.8) is 0 Å². The smallest absolute Gasteiger partial charge is 0.383 e. The molecule has 0 radical (unpaired) electrons. The number of halogens is 3. The topological polar surface area (TPSA) is 95.8 Å². The molecule has 0 atom stereocenters. The number of anilines is 3. The van der Waals surface area contributed by atoms with E-state index < -0.39 is 18.5 Å². The molecule has 9 heteroatoms. The molecule has 5 N–H and O–H groups in total. The summed E-state index contributed by atoms with van der Waals surface area (Å²) in [7, 11) is 0. The molecule has 3 rings (SSSR count). The number of hydrogen-bond acceptors (Lipinski definition) is 4. The first kappa shape index (κ1) is 17.6. The van der Waals surface area contributed by atoms with Crippen molar-refractivity contribution in [3.8, 4) is 0 Å². The molecule has 0 fully saturated rings. The van der Waals surface area contributed by atoms with Gasteiger partial charge in [-0.3, -0.25) is 9.78 Å². The second-order valence-electron chi connectivity index (χ2n) is 5.69. The maximum Gasteiger partial charge on any atom is 0.390 e. The van der Waals surface area contributed by atoms with E-state index >= 15 is 0 Å². The van der Waals surface area contributed by atoms with Crippen LogP contribution in [-0.4, -0.2) is 28.6 Å². The van der Waals surface area contributed by atoms with Crippen LogP contribution in [0, 0.1) is 0 Å². The fourth-order valence-electron chi connectivity index (χ4n) is 2.47. The number of benzene rings is 1. The molecule has 2 heterocycles. The Kier molecular flexibility index (Phi) is 4.70. The van der Waals surface area contributed by atoms with E-state index in [0.717, 1.165) is 11.1 Å². The van der Waals surface area contributed by atoms with E-state index in [4.69, 9.17) is 5.73 Å². The number of aromatic nitrogens is 2. The fraction of sp³-hybridized carbons (Fsp3) is 0.176. The lowest BCUT2D eigenvalue weighted by molar-refractivity contribution is -0.131. The predicted molar refractivity (Wildman–Crippen MR) is 93.5 cm³/mol. The van der Waals surface area contributed by atoms with Gasteiger partial charge in [-0.15, -0.1) is 0 Å². The number of carbonyl (C=O) groups is 1. The molecule has 0 saturated carbocycles. The van der Waals surface area contributed by atoms with Gasteiger partial charge in [-0.2, -0.15) is 13.2 Å². The number of pyridine rings is 1. The van der Waals surface area contributed by atoms with Crippen LogP contribution >= 0.6 is 0 Å². The van der Waals surface area contributed by atoms with Crippen molar-refractivity contribution in [2.24, 2.45) is 5.73 Å². The minimum Gasteiger partial charge on any atom is -0.383 e. The summed E-state index contributed by atoms with van der Waals surface area (Å²) in [6.45, 7) is -0.229. The van der Waals surface area contributed by atoms with Crippen LogP contribution in [0.2, 0.25) is 0 Å². The van der Waals surface area contributed by atoms with Crippen LogP contribution in [0.25, 0.3) is 10.9 Å². The lowest BCUT2D eigenvalue weighted by Crippen LogP contribution is -2.14. The quantitative estimate of drug-likeness (QED) is 0.536. The lowest BCUT2D eigenvalue weighted by atomic mass is 10.2. The van der Waals surface area contributed by atoms with Gasteiger partial charge in [-0.05, 0) is 30.3 Å². The number of nitrogens with one attached hydrogen (secondary N) is 3. The molecule has 1 amide bonds. The summed E-state index contributed by atoms with van der Waals surface area (Å²) >= 11 is 0. The van der Waals surface area contributed by atoms with Gasteiger partial charge >= 0.3 is 6.18 Å². The Bertz CT molecular complexity index is 918. The Morgan fingerprint density at radius 1 is 1.19 bits per heavy atom. The zero-order chi connectivity index (χ0) is 18.7. The molecule has 3 aromatic rings. The standard InChI is InChI=1S/C17H16F3N5O/c18-17(19,20)5-6-23-13-8-22-9-14-12(13)7-15(25-14)24-11-3-1-10(2-4-11)16(21)26/h1-4,7-9,23-25H,5-6H2,(H2,21,26). The average molecular weight is 363 g/mol. The third kappa shape index (κ3) is 4.24. The number of aromatic amines is 1. The highest BCUT2D eigenvalue weighted by Crippen LogP contribution is 2.28. The molecule has 136 valence electrons. The van der Waals surface area contributed by atoms with Gasteiger partial charge in [0.1, 0.15) is 5.82 Å². The SMILES string of the molecule is NC(=O)c1ccc(Nc2cc3c(NCCC(F)(F)F)cncc3[nH]2)cc1. The number of nitrogens with zero attached hydrogens (tertiary/aromatic N) is 1. The van der Waals surface area contributed by atoms with Gasteiger partial charge in [0.25, 0.3) is 0 Å². The van der Waals surface area contributed by atoms with Gasteiger partial charge in [-0.25, -0.2) is 0 Å². The number of rotatable bonds is 6. The number of primary amides is 1. The number of hydrogen-bond donors (Lipinski definition) is 4. The summed E-state index contributed by atoms with van der Waals surface area (Å²) in [4.78, 5) is 18.2. The van der Waals surface area contributed by atoms with E-state index in [1.54, 1.807) is 36.5 Å². The molecular formula is C17H16F3N5O. The second kappa shape index (κ2) is 6.95. The normalized spacial score (nSPS) is 11.5. The van der Waals surface area contributed by atoms with Crippen molar-refractivity contribution >= 4 is 34.0 Å². The maximum absolute atomic E-state index is 12.3. The predicted octanol–water partition coefficient (Wildman–Crippen LogP) is 3.77. The molecule has 0 saturated heterocycles. The Balaban J connectivity index is 1.76. The van der Waals surface area contributed by atoms with Gasteiger partial charge in [0, 0.05) is 23.2 Å². The van der Waals surface area contributed by atoms with Gasteiger partial charge < -0.3 is 21.4 Å². The highest BCUT2D eigenvalue weighted by molar-refractivity contribution is 5.95. The van der Waals surface area contributed by atoms with Crippen molar-refractivity contribution in [1.82, 2.24) is 9.97 Å². The third-order valence-electron chi connectivity index (χ3n) is 3.72. The molecule has 2 aromatic heterocycles. The van der Waals surface area contributed by atoms with Crippen molar-refractivity contribution < 1.29 is 18.0 Å². The fourth-order valence-corrected chi connectivity index (χ4v) is 2.47. The Morgan fingerprint density at radius 2 is 1.92 bits per heavy atom. The molecule has 0 aliphatic heterocycles. The summed E-state index contributed by atoms with van der Waals surface area (Å²) in [6, 6.07) is 8.37. The Morgan fingerprint density at radius 3 is 2.58 bits per heavy atom. The molecule has 26 heavy (non-hydrogen) atoms. The summed E-state index contributed by atoms with van der Waals surface area (Å²) in [6.07, 6.45) is -2.06. The zero-order valence-electron chi connectivity index (χ0n) is 13.5. The van der Waals surface area contributed by atoms with Gasteiger partial charge in [0.05, 0.1) is 30.0 Å². The Hall–Kier alpha value is -3.23. The van der Waals surface area contributed by atoms with Crippen LogP contribution in [0.4, 0.5) is 30.4 Å². The number of alkyl halides is 3. The highest BCUT2D eigenvalue weighted by Gasteiger charge is 2.26. The van der Waals surface area contributed by atoms with Crippen molar-refractivity contribution in [2.45, 2.75) is 12.6 Å². The van der Waals surface area contributed by atoms with Gasteiger partial charge in [0.2, 0.25) is 5.91 Å². The largest absolute Gasteiger partial charge is 0.390 e. The summed E-state index contributed by atoms with van der Waals surface area (Å²) in [5.74, 6) is 0.126. The first-order valence-corrected chi connectivity index (χ1v) is 7.76. The minimum atomic E-state index is -4.21. The molecule has 0 bridgehead atoms. The number of fused-ring (bicyclic) bond motifs is 1. The van der Waals surface area contributed by atoms with Crippen LogP contribution in [0.5, 0.6) is 0 Å². The van der Waals surface area contributed by atoms with Crippen molar-refractivity contribution in [2.75, 3.05) is 17.2 Å². The van der Waals surface area contributed by atoms with E-state index in [1.165, 1.54) is 6.20 Å². The maximum atomic E-state index is 12.3. The summed E-state index contributed by atoms with van der Waals surface area (Å²) < 4.78 is 36.9. The van der Waals surface area contributed by atoms with E-state index in [0.29, 0.717) is 22.6 Å². The molecule has 0 unspecified atom stereocenters. The van der Waals surface area contributed by atoms with E-state index in [-0.39, 0.29) is 6.54 Å². The molecule has 1 aromatic carbocycles. The average Bonchev–Trinajstić information content (AvgIpc) is 2.97. The van der Waals surface area contributed by atoms with E-state index in [1.807, 2.05) is 0 Å². The number of amides is 1. The Labute approximate surface area is 146 Å². The van der Waals surface area contributed by atoms with Crippen LogP contribution in [0.3, 0.4) is 0 Å². The van der Waals surface area contributed by atoms with Crippen molar-refractivity contribution in [3.05, 3.63) is 48.3 Å². The van der Waals surface area contributed by atoms with Crippen LogP contribution in [-0.2, 0) is 0 Å². The first-order valence-electron chi connectivity index (χ1n) is 7.76. The van der Waals surface area contributed by atoms with Crippen LogP contribution in [0.1, 0.15) is 16.8 Å². The molecule has 0 aliphatic carbocycles. The van der Waals surface area contributed by atoms with Crippen LogP contribution in [0.15, 0.2) is 42.7 Å². The lowest BCUT2D eigenvalue weighted by Gasteiger charge is -2.09. The number of carbonyl (C=O) groups excluding carboxylic acids is 1. The first-order chi connectivity index (χ1) is 12.3. The second-order valence-corrected chi connectivity index (χ2v) is 5.69.